The minimum absolute atomic E-state index is 0.0228. The Labute approximate surface area is 445 Å². The fraction of sp³-hybridized carbons (Fsp3) is 0.673. The first-order chi connectivity index (χ1) is 36.3. The van der Waals surface area contributed by atoms with E-state index in [1.165, 1.54) is 18.2 Å². The molecule has 0 saturated carbocycles. The minimum atomic E-state index is -5.76. The standard InChI is InChI=1S/C52H83N3O19P2/c1-3-5-7-8-9-10-11-12-13-14-15-16-17-18-19-20-22-27-47(60)69-35-40-36-70-75(65,66)74-76(67,68)71-37-45-50(63)49(62)41(30-29-38(56)25-21-6-4-2)43(58)34-44(59)42(33-39(57)26-23-24-28-48(61)72-40)51(73-45)55-32-31-46(53)54-52(55)64/h5,7,9-10,12-13,15-16,29-32,38,40-45,49-51,56,58-59,62-63H,3-4,6,8,11,14,17-28,33-37H2,1-2H3,(H,65,66)(H,67,68)(H2,53,54,64)/b7-5-,10-9-,13-12-,16-15-,30-29+/t38-,40+,41-,42-,43+,44-,45+,49-,50+,51+/m0/s1. The number of aliphatic hydroxyl groups excluding tert-OH is 5. The third kappa shape index (κ3) is 26.6. The van der Waals surface area contributed by atoms with Gasteiger partial charge >= 0.3 is 33.3 Å². The number of carbonyl (C=O) groups excluding carboxylic acids is 3. The van der Waals surface area contributed by atoms with Crippen molar-refractivity contribution in [3.63, 3.8) is 0 Å². The number of hydrogen-bond acceptors (Lipinski definition) is 19. The number of esters is 2. The van der Waals surface area contributed by atoms with Gasteiger partial charge in [0.15, 0.2) is 6.10 Å². The molecular weight excluding hydrogens is 1030 g/mol. The smallest absolute Gasteiger partial charge is 0.462 e. The van der Waals surface area contributed by atoms with Gasteiger partial charge in [0.05, 0.1) is 37.6 Å². The Balaban J connectivity index is 1.77. The first kappa shape index (κ1) is 66.3. The Morgan fingerprint density at radius 2 is 1.49 bits per heavy atom. The summed E-state index contributed by atoms with van der Waals surface area (Å²) < 4.78 is 58.7. The molecule has 0 radical (unpaired) electrons. The second-order valence-corrected chi connectivity index (χ2v) is 22.0. The molecule has 2 saturated heterocycles. The lowest BCUT2D eigenvalue weighted by molar-refractivity contribution is -0.196. The lowest BCUT2D eigenvalue weighted by Crippen LogP contribution is -2.52. The average Bonchev–Trinajstić information content (AvgIpc) is 3.35. The minimum Gasteiger partial charge on any atom is -0.462 e. The summed E-state index contributed by atoms with van der Waals surface area (Å²) in [5.74, 6) is -5.22. The van der Waals surface area contributed by atoms with Crippen LogP contribution in [0.4, 0.5) is 5.82 Å². The van der Waals surface area contributed by atoms with Crippen molar-refractivity contribution in [3.05, 3.63) is 83.5 Å². The zero-order valence-corrected chi connectivity index (χ0v) is 45.6. The van der Waals surface area contributed by atoms with Gasteiger partial charge in [0.25, 0.3) is 0 Å². The maximum absolute atomic E-state index is 13.7. The Kier molecular flexibility index (Phi) is 31.6. The number of nitrogens with two attached hydrogens (primary N) is 1. The van der Waals surface area contributed by atoms with E-state index in [4.69, 9.17) is 29.0 Å². The van der Waals surface area contributed by atoms with Crippen LogP contribution >= 0.6 is 15.6 Å². The highest BCUT2D eigenvalue weighted by Gasteiger charge is 2.45. The molecule has 2 aliphatic rings. The molecule has 0 aromatic carbocycles. The largest absolute Gasteiger partial charge is 0.481 e. The molecule has 0 amide bonds. The second kappa shape index (κ2) is 36.2. The van der Waals surface area contributed by atoms with E-state index >= 15 is 0 Å². The summed E-state index contributed by atoms with van der Waals surface area (Å²) in [6.45, 7) is 1.18. The van der Waals surface area contributed by atoms with Crippen LogP contribution in [-0.4, -0.2) is 125 Å². The van der Waals surface area contributed by atoms with Crippen molar-refractivity contribution >= 4 is 39.2 Å². The molecule has 430 valence electrons. The number of aromatic nitrogens is 2. The normalized spacial score (nSPS) is 29.9. The second-order valence-electron chi connectivity index (χ2n) is 19.0. The molecule has 24 heteroatoms. The van der Waals surface area contributed by atoms with Crippen molar-refractivity contribution in [1.29, 1.82) is 0 Å². The van der Waals surface area contributed by atoms with Gasteiger partial charge < -0.3 is 55.3 Å². The SMILES string of the molecule is CC/C=C\C/C=C\C/C=C\C/C=C\CCCCCCC(=O)OC[C@@H]1COP(=O)(O)OP(=O)(O)OC[C@H]2O[C@@H](n3ccc(N)nc3=O)[C@@H](CC(=O)CCCCC(=O)O1)[C@@H](O)C[C@@H](O)[C@H](/C=C/[C@@H](O)CCCCC)[C@H](O)[C@@H]2O. The quantitative estimate of drug-likeness (QED) is 0.0245. The number of cyclic esters (lactones) is 1. The molecule has 22 nitrogen and oxygen atoms in total. The van der Waals surface area contributed by atoms with Crippen molar-refractivity contribution in [1.82, 2.24) is 9.55 Å². The number of Topliss-reactive ketones (excluding diaryl/α,β-unsaturated/α-hetero) is 1. The Morgan fingerprint density at radius 3 is 2.16 bits per heavy atom. The van der Waals surface area contributed by atoms with Gasteiger partial charge in [0.2, 0.25) is 0 Å². The number of aliphatic hydroxyl groups is 5. The molecule has 2 fully saturated rings. The highest BCUT2D eigenvalue weighted by Crippen LogP contribution is 2.60. The molecule has 76 heavy (non-hydrogen) atoms. The summed E-state index contributed by atoms with van der Waals surface area (Å²) in [5.41, 5.74) is 4.66. The van der Waals surface area contributed by atoms with Crippen LogP contribution in [0.3, 0.4) is 0 Å². The Morgan fingerprint density at radius 1 is 0.842 bits per heavy atom. The summed E-state index contributed by atoms with van der Waals surface area (Å²) in [6, 6.07) is 1.18. The van der Waals surface area contributed by atoms with E-state index in [9.17, 15) is 63.6 Å². The maximum Gasteiger partial charge on any atom is 0.481 e. The number of phosphoric ester groups is 2. The number of carbonyl (C=O) groups is 3. The van der Waals surface area contributed by atoms with Gasteiger partial charge in [-0.25, -0.2) is 13.9 Å². The molecule has 9 N–H and O–H groups in total. The van der Waals surface area contributed by atoms with Crippen LogP contribution < -0.4 is 11.4 Å². The molecule has 0 aliphatic carbocycles. The van der Waals surface area contributed by atoms with Gasteiger partial charge in [0.1, 0.15) is 36.6 Å². The number of fused-ring (bicyclic) bond motifs is 3. The summed E-state index contributed by atoms with van der Waals surface area (Å²) in [7, 11) is -11.4. The van der Waals surface area contributed by atoms with E-state index in [1.807, 2.05) is 6.92 Å². The van der Waals surface area contributed by atoms with Gasteiger partial charge in [-0.15, -0.1) is 0 Å². The predicted octanol–water partition coefficient (Wildman–Crippen LogP) is 6.67. The zero-order chi connectivity index (χ0) is 55.9. The van der Waals surface area contributed by atoms with Crippen molar-refractivity contribution in [2.75, 3.05) is 25.6 Å². The van der Waals surface area contributed by atoms with E-state index in [0.29, 0.717) is 19.3 Å². The van der Waals surface area contributed by atoms with Gasteiger partial charge in [0, 0.05) is 50.1 Å². The summed E-state index contributed by atoms with van der Waals surface area (Å²) in [6.07, 6.45) is 15.4. The van der Waals surface area contributed by atoms with E-state index in [2.05, 4.69) is 64.8 Å². The molecule has 2 bridgehead atoms. The van der Waals surface area contributed by atoms with E-state index in [-0.39, 0.29) is 37.9 Å². The molecule has 3 heterocycles. The van der Waals surface area contributed by atoms with Crippen LogP contribution in [0, 0.1) is 11.8 Å². The number of unbranched alkanes of at least 4 members (excludes halogenated alkanes) is 6. The first-order valence-corrected chi connectivity index (χ1v) is 29.5. The third-order valence-electron chi connectivity index (χ3n) is 12.5. The number of anilines is 1. The van der Waals surface area contributed by atoms with Crippen molar-refractivity contribution in [2.45, 2.75) is 191 Å². The number of allylic oxidation sites excluding steroid dienone is 8. The van der Waals surface area contributed by atoms with Crippen LogP contribution in [0.15, 0.2) is 77.8 Å². The monoisotopic (exact) mass is 1120 g/mol. The van der Waals surface area contributed by atoms with Crippen molar-refractivity contribution in [3.8, 4) is 0 Å². The average molecular weight is 1120 g/mol. The van der Waals surface area contributed by atoms with Crippen LogP contribution in [-0.2, 0) is 51.1 Å². The number of ketones is 1. The number of hydrogen-bond donors (Lipinski definition) is 8. The molecular formula is C52H83N3O19P2. The summed E-state index contributed by atoms with van der Waals surface area (Å²) in [4.78, 5) is 77.9. The molecule has 2 unspecified atom stereocenters. The van der Waals surface area contributed by atoms with E-state index in [0.717, 1.165) is 75.0 Å². The highest BCUT2D eigenvalue weighted by atomic mass is 31.3. The molecule has 0 spiro atoms. The number of ether oxygens (including phenoxy) is 3. The van der Waals surface area contributed by atoms with Crippen LogP contribution in [0.5, 0.6) is 0 Å². The maximum atomic E-state index is 13.7. The van der Waals surface area contributed by atoms with Crippen molar-refractivity contribution < 1.29 is 86.4 Å². The van der Waals surface area contributed by atoms with E-state index < -0.39 is 133 Å². The third-order valence-corrected chi connectivity index (χ3v) is 15.1. The molecule has 1 aromatic heterocycles. The number of phosphoric acid groups is 2. The van der Waals surface area contributed by atoms with Crippen LogP contribution in [0.1, 0.15) is 148 Å². The molecule has 12 atom stereocenters. The summed E-state index contributed by atoms with van der Waals surface area (Å²) in [5, 5.41) is 57.4. The van der Waals surface area contributed by atoms with Crippen molar-refractivity contribution in [2.24, 2.45) is 11.8 Å². The van der Waals surface area contributed by atoms with Gasteiger partial charge in [-0.3, -0.25) is 28.0 Å². The fourth-order valence-corrected chi connectivity index (χ4v) is 10.5. The van der Waals surface area contributed by atoms with Crippen LogP contribution in [0.25, 0.3) is 0 Å². The Hall–Kier alpha value is -3.99. The molecule has 3 rings (SSSR count). The fourth-order valence-electron chi connectivity index (χ4n) is 8.35. The van der Waals surface area contributed by atoms with E-state index in [1.54, 1.807) is 0 Å². The topological polar surface area (TPSA) is 343 Å². The predicted molar refractivity (Wildman–Crippen MR) is 282 cm³/mol. The zero-order valence-electron chi connectivity index (χ0n) is 43.9. The van der Waals surface area contributed by atoms with Gasteiger partial charge in [-0.05, 0) is 70.3 Å². The number of rotatable bonds is 23. The molecule has 2 aliphatic heterocycles. The summed E-state index contributed by atoms with van der Waals surface area (Å²) >= 11 is 0. The van der Waals surface area contributed by atoms with Crippen LogP contribution in [0.2, 0.25) is 0 Å². The highest BCUT2D eigenvalue weighted by molar-refractivity contribution is 7.61. The van der Waals surface area contributed by atoms with Gasteiger partial charge in [-0.2, -0.15) is 9.29 Å². The lowest BCUT2D eigenvalue weighted by atomic mass is 9.82. The number of nitrogens with zero attached hydrogens (tertiary/aromatic N) is 2. The number of nitrogen functional groups attached to an aromatic ring is 1. The first-order valence-electron chi connectivity index (χ1n) is 26.5. The molecule has 1 aromatic rings. The lowest BCUT2D eigenvalue weighted by Gasteiger charge is -2.40. The Bertz CT molecular complexity index is 2200. The van der Waals surface area contributed by atoms with Gasteiger partial charge in [-0.1, -0.05) is 107 Å².